The highest BCUT2D eigenvalue weighted by atomic mass is 16.5. The van der Waals surface area contributed by atoms with E-state index in [1.54, 1.807) is 13.2 Å². The fraction of sp³-hybridized carbons (Fsp3) is 0.304. The number of nitrogens with zero attached hydrogens (tertiary/aromatic N) is 1. The summed E-state index contributed by atoms with van der Waals surface area (Å²) in [6.07, 6.45) is 1.66. The molecule has 1 saturated heterocycles. The van der Waals surface area contributed by atoms with E-state index in [-0.39, 0.29) is 11.3 Å². The first kappa shape index (κ1) is 18.4. The Balaban J connectivity index is 1.58. The van der Waals surface area contributed by atoms with Crippen molar-refractivity contribution in [3.05, 3.63) is 71.9 Å². The first-order valence-corrected chi connectivity index (χ1v) is 9.57. The Hall–Kier alpha value is -2.92. The molecule has 0 aliphatic carbocycles. The summed E-state index contributed by atoms with van der Waals surface area (Å²) in [4.78, 5) is 17.3. The lowest BCUT2D eigenvalue weighted by molar-refractivity contribution is 0.0478. The van der Waals surface area contributed by atoms with Crippen LogP contribution in [0.1, 0.15) is 28.9 Å². The van der Waals surface area contributed by atoms with E-state index in [1.165, 1.54) is 0 Å². The molecule has 1 fully saturated rings. The van der Waals surface area contributed by atoms with E-state index in [2.05, 4.69) is 16.4 Å². The van der Waals surface area contributed by atoms with Gasteiger partial charge in [-0.2, -0.15) is 0 Å². The molecule has 5 heteroatoms. The number of hydrogen-bond acceptors (Lipinski definition) is 4. The van der Waals surface area contributed by atoms with Crippen LogP contribution in [0.15, 0.2) is 60.7 Å². The van der Waals surface area contributed by atoms with Gasteiger partial charge in [-0.3, -0.25) is 4.79 Å². The molecule has 1 N–H and O–H groups in total. The molecule has 0 saturated carbocycles. The van der Waals surface area contributed by atoms with E-state index in [1.807, 2.05) is 48.5 Å². The normalized spacial score (nSPS) is 15.9. The van der Waals surface area contributed by atoms with E-state index in [0.717, 1.165) is 35.1 Å². The third kappa shape index (κ3) is 3.58. The fourth-order valence-corrected chi connectivity index (χ4v) is 3.92. The van der Waals surface area contributed by atoms with Crippen LogP contribution in [0.2, 0.25) is 0 Å². The SMILES string of the molecule is COc1ccccc1C1(CNC(=O)c2ccc3ccccc3n2)CCOCC1. The van der Waals surface area contributed by atoms with Crippen molar-refractivity contribution < 1.29 is 14.3 Å². The van der Waals surface area contributed by atoms with Crippen molar-refractivity contribution in [1.82, 2.24) is 10.3 Å². The van der Waals surface area contributed by atoms with Crippen molar-refractivity contribution in [3.63, 3.8) is 0 Å². The first-order valence-electron chi connectivity index (χ1n) is 9.57. The van der Waals surface area contributed by atoms with Gasteiger partial charge in [-0.1, -0.05) is 42.5 Å². The van der Waals surface area contributed by atoms with Crippen LogP contribution >= 0.6 is 0 Å². The zero-order valence-corrected chi connectivity index (χ0v) is 16.0. The van der Waals surface area contributed by atoms with Crippen LogP contribution in [-0.2, 0) is 10.2 Å². The van der Waals surface area contributed by atoms with E-state index in [0.29, 0.717) is 25.5 Å². The van der Waals surface area contributed by atoms with Crippen molar-refractivity contribution >= 4 is 16.8 Å². The van der Waals surface area contributed by atoms with Gasteiger partial charge < -0.3 is 14.8 Å². The van der Waals surface area contributed by atoms with Crippen LogP contribution in [0.5, 0.6) is 5.75 Å². The Morgan fingerprint density at radius 1 is 1.07 bits per heavy atom. The maximum absolute atomic E-state index is 12.8. The molecule has 0 spiro atoms. The standard InChI is InChI=1S/C23H24N2O3/c1-27-21-9-5-3-7-18(21)23(12-14-28-15-13-23)16-24-22(26)20-11-10-17-6-2-4-8-19(17)25-20/h2-11H,12-16H2,1H3,(H,24,26). The third-order valence-electron chi connectivity index (χ3n) is 5.55. The maximum atomic E-state index is 12.8. The number of pyridine rings is 1. The molecule has 5 nitrogen and oxygen atoms in total. The highest BCUT2D eigenvalue weighted by molar-refractivity contribution is 5.94. The van der Waals surface area contributed by atoms with Gasteiger partial charge in [-0.15, -0.1) is 0 Å². The van der Waals surface area contributed by atoms with Gasteiger partial charge in [0.05, 0.1) is 12.6 Å². The summed E-state index contributed by atoms with van der Waals surface area (Å²) in [5.41, 5.74) is 2.16. The summed E-state index contributed by atoms with van der Waals surface area (Å²) in [6, 6.07) is 19.5. The molecule has 144 valence electrons. The van der Waals surface area contributed by atoms with Gasteiger partial charge in [0.1, 0.15) is 11.4 Å². The third-order valence-corrected chi connectivity index (χ3v) is 5.55. The van der Waals surface area contributed by atoms with Gasteiger partial charge in [0.15, 0.2) is 0 Å². The van der Waals surface area contributed by atoms with Gasteiger partial charge in [0.25, 0.3) is 5.91 Å². The van der Waals surface area contributed by atoms with E-state index in [9.17, 15) is 4.79 Å². The zero-order valence-electron chi connectivity index (χ0n) is 16.0. The number of para-hydroxylation sites is 2. The molecule has 1 aliphatic heterocycles. The summed E-state index contributed by atoms with van der Waals surface area (Å²) in [5.74, 6) is 0.689. The molecule has 0 unspecified atom stereocenters. The van der Waals surface area contributed by atoms with Crippen molar-refractivity contribution in [2.24, 2.45) is 0 Å². The number of carbonyl (C=O) groups excluding carboxylic acids is 1. The topological polar surface area (TPSA) is 60.5 Å². The summed E-state index contributed by atoms with van der Waals surface area (Å²) in [7, 11) is 1.68. The number of fused-ring (bicyclic) bond motifs is 1. The smallest absolute Gasteiger partial charge is 0.269 e. The molecule has 3 aromatic rings. The number of amides is 1. The molecular formula is C23H24N2O3. The van der Waals surface area contributed by atoms with Crippen LogP contribution in [0.3, 0.4) is 0 Å². The molecule has 2 aromatic carbocycles. The Morgan fingerprint density at radius 3 is 2.64 bits per heavy atom. The number of ether oxygens (including phenoxy) is 2. The second-order valence-electron chi connectivity index (χ2n) is 7.16. The molecule has 0 radical (unpaired) electrons. The number of nitrogens with one attached hydrogen (secondary N) is 1. The largest absolute Gasteiger partial charge is 0.496 e. The van der Waals surface area contributed by atoms with E-state index < -0.39 is 0 Å². The molecule has 0 bridgehead atoms. The van der Waals surface area contributed by atoms with Crippen molar-refractivity contribution in [2.45, 2.75) is 18.3 Å². The minimum atomic E-state index is -0.211. The minimum absolute atomic E-state index is 0.161. The average molecular weight is 376 g/mol. The molecule has 0 atom stereocenters. The van der Waals surface area contributed by atoms with E-state index in [4.69, 9.17) is 9.47 Å². The number of carbonyl (C=O) groups is 1. The van der Waals surface area contributed by atoms with Gasteiger partial charge >= 0.3 is 0 Å². The Labute approximate surface area is 164 Å². The summed E-state index contributed by atoms with van der Waals surface area (Å²) in [5, 5.41) is 4.13. The molecule has 4 rings (SSSR count). The van der Waals surface area contributed by atoms with Crippen molar-refractivity contribution in [1.29, 1.82) is 0 Å². The second-order valence-corrected chi connectivity index (χ2v) is 7.16. The highest BCUT2D eigenvalue weighted by Crippen LogP contribution is 2.39. The van der Waals surface area contributed by atoms with E-state index >= 15 is 0 Å². The molecule has 1 aromatic heterocycles. The first-order chi connectivity index (χ1) is 13.7. The highest BCUT2D eigenvalue weighted by Gasteiger charge is 2.37. The molecule has 2 heterocycles. The number of rotatable bonds is 5. The maximum Gasteiger partial charge on any atom is 0.269 e. The minimum Gasteiger partial charge on any atom is -0.496 e. The van der Waals surface area contributed by atoms with Gasteiger partial charge in [-0.05, 0) is 31.0 Å². The Morgan fingerprint density at radius 2 is 1.82 bits per heavy atom. The molecule has 1 aliphatic rings. The molecular weight excluding hydrogens is 352 g/mol. The van der Waals surface area contributed by atoms with Gasteiger partial charge in [-0.25, -0.2) is 4.98 Å². The van der Waals surface area contributed by atoms with Crippen LogP contribution in [-0.4, -0.2) is 37.8 Å². The fourth-order valence-electron chi connectivity index (χ4n) is 3.92. The Kier molecular flexibility index (Phi) is 5.26. The summed E-state index contributed by atoms with van der Waals surface area (Å²) >= 11 is 0. The Bertz CT molecular complexity index is 980. The lowest BCUT2D eigenvalue weighted by Gasteiger charge is -2.38. The number of hydrogen-bond donors (Lipinski definition) is 1. The zero-order chi connectivity index (χ0) is 19.4. The van der Waals surface area contributed by atoms with Gasteiger partial charge in [0, 0.05) is 36.1 Å². The van der Waals surface area contributed by atoms with Crippen molar-refractivity contribution in [2.75, 3.05) is 26.9 Å². The average Bonchev–Trinajstić information content (AvgIpc) is 2.77. The quantitative estimate of drug-likeness (QED) is 0.737. The number of benzene rings is 2. The summed E-state index contributed by atoms with van der Waals surface area (Å²) < 4.78 is 11.2. The van der Waals surface area contributed by atoms with Crippen molar-refractivity contribution in [3.8, 4) is 5.75 Å². The van der Waals surface area contributed by atoms with Gasteiger partial charge in [0.2, 0.25) is 0 Å². The van der Waals surface area contributed by atoms with Crippen LogP contribution in [0.25, 0.3) is 10.9 Å². The lowest BCUT2D eigenvalue weighted by Crippen LogP contribution is -2.45. The van der Waals surface area contributed by atoms with Crippen LogP contribution in [0.4, 0.5) is 0 Å². The molecule has 1 amide bonds. The van der Waals surface area contributed by atoms with Crippen LogP contribution < -0.4 is 10.1 Å². The predicted octanol–water partition coefficient (Wildman–Crippen LogP) is 3.72. The second kappa shape index (κ2) is 7.98. The predicted molar refractivity (Wildman–Crippen MR) is 109 cm³/mol. The van der Waals surface area contributed by atoms with Crippen LogP contribution in [0, 0.1) is 0 Å². The number of methoxy groups -OCH3 is 1. The monoisotopic (exact) mass is 376 g/mol. The lowest BCUT2D eigenvalue weighted by atomic mass is 9.73. The summed E-state index contributed by atoms with van der Waals surface area (Å²) in [6.45, 7) is 1.86. The molecule has 28 heavy (non-hydrogen) atoms. The number of aromatic nitrogens is 1.